The lowest BCUT2D eigenvalue weighted by atomic mass is 10.1. The van der Waals surface area contributed by atoms with E-state index < -0.39 is 18.0 Å². The lowest BCUT2D eigenvalue weighted by Crippen LogP contribution is -2.30. The summed E-state index contributed by atoms with van der Waals surface area (Å²) in [5.41, 5.74) is 2.23. The number of alkyl halides is 3. The smallest absolute Gasteiger partial charge is 0.416 e. The minimum atomic E-state index is -4.46. The highest BCUT2D eigenvalue weighted by atomic mass is 35.5. The number of hydrogen-bond donors (Lipinski definition) is 1. The van der Waals surface area contributed by atoms with Crippen LogP contribution in [0.1, 0.15) is 39.0 Å². The number of rotatable bonds is 11. The van der Waals surface area contributed by atoms with Gasteiger partial charge in [0, 0.05) is 33.8 Å². The lowest BCUT2D eigenvalue weighted by molar-refractivity contribution is -0.137. The van der Waals surface area contributed by atoms with E-state index in [1.807, 2.05) is 6.07 Å². The number of methoxy groups -OCH3 is 1. The van der Waals surface area contributed by atoms with E-state index in [0.29, 0.717) is 44.1 Å². The van der Waals surface area contributed by atoms with Crippen molar-refractivity contribution in [2.75, 3.05) is 20.3 Å². The molecule has 5 aromatic rings. The number of amides is 1. The molecule has 0 spiro atoms. The van der Waals surface area contributed by atoms with Gasteiger partial charge in [-0.3, -0.25) is 14.2 Å². The van der Waals surface area contributed by atoms with Crippen molar-refractivity contribution in [2.24, 2.45) is 0 Å². The minimum Gasteiger partial charge on any atom is -0.497 e. The van der Waals surface area contributed by atoms with Crippen LogP contribution in [0.2, 0.25) is 5.02 Å². The molecule has 1 heterocycles. The molecule has 0 saturated carbocycles. The second kappa shape index (κ2) is 14.1. The first-order valence-corrected chi connectivity index (χ1v) is 14.7. The molecule has 238 valence electrons. The van der Waals surface area contributed by atoms with Gasteiger partial charge >= 0.3 is 6.18 Å². The number of carbonyl (C=O) groups is 2. The van der Waals surface area contributed by atoms with Crippen LogP contribution in [-0.2, 0) is 22.1 Å². The zero-order valence-electron chi connectivity index (χ0n) is 24.9. The number of carbonyl (C=O) groups excluding carboxylic acids is 2. The molecule has 0 aliphatic carbocycles. The van der Waals surface area contributed by atoms with Crippen molar-refractivity contribution in [3.63, 3.8) is 0 Å². The second-order valence-electron chi connectivity index (χ2n) is 10.4. The van der Waals surface area contributed by atoms with Crippen LogP contribution in [0.25, 0.3) is 10.9 Å². The predicted octanol–water partition coefficient (Wildman–Crippen LogP) is 7.77. The average Bonchev–Trinajstić information content (AvgIpc) is 3.32. The molecule has 1 atom stereocenters. The zero-order chi connectivity index (χ0) is 32.8. The summed E-state index contributed by atoms with van der Waals surface area (Å²) in [7, 11) is 1.54. The summed E-state index contributed by atoms with van der Waals surface area (Å²) in [6.45, 7) is 1.97. The van der Waals surface area contributed by atoms with E-state index in [9.17, 15) is 22.8 Å². The molecule has 0 fully saturated rings. The summed E-state index contributed by atoms with van der Waals surface area (Å²) in [5.74, 6) is 0.219. The Bertz CT molecular complexity index is 1820. The Hall–Kier alpha value is -4.80. The maximum Gasteiger partial charge on any atom is 0.416 e. The van der Waals surface area contributed by atoms with Crippen molar-refractivity contribution < 1.29 is 37.0 Å². The molecule has 0 aliphatic heterocycles. The van der Waals surface area contributed by atoms with Crippen molar-refractivity contribution in [3.8, 4) is 11.5 Å². The van der Waals surface area contributed by atoms with Gasteiger partial charge in [-0.15, -0.1) is 0 Å². The van der Waals surface area contributed by atoms with Gasteiger partial charge in [0.1, 0.15) is 11.5 Å². The van der Waals surface area contributed by atoms with Gasteiger partial charge in [0.25, 0.3) is 5.91 Å². The Morgan fingerprint density at radius 1 is 0.913 bits per heavy atom. The van der Waals surface area contributed by atoms with Gasteiger partial charge in [-0.2, -0.15) is 13.2 Å². The molecule has 1 N–H and O–H groups in total. The average molecular weight is 651 g/mol. The van der Waals surface area contributed by atoms with E-state index in [1.54, 1.807) is 85.3 Å². The van der Waals surface area contributed by atoms with Gasteiger partial charge in [0.15, 0.2) is 0 Å². The monoisotopic (exact) mass is 650 g/mol. The number of hydrogen-bond acceptors (Lipinski definition) is 5. The van der Waals surface area contributed by atoms with E-state index in [1.165, 1.54) is 12.1 Å². The Morgan fingerprint density at radius 2 is 1.59 bits per heavy atom. The van der Waals surface area contributed by atoms with Crippen molar-refractivity contribution >= 4 is 34.3 Å². The van der Waals surface area contributed by atoms with Crippen molar-refractivity contribution in [1.82, 2.24) is 9.88 Å². The van der Waals surface area contributed by atoms with E-state index in [-0.39, 0.29) is 37.1 Å². The SMILES string of the molecule is COc1ccc2c(c1)c(CC(=O)NCCOC(Oc1ccc(C(F)(F)F)cc1)c1ccccc1)c(C)n2C(=O)c1ccc(Cl)cc1. The van der Waals surface area contributed by atoms with Gasteiger partial charge in [-0.1, -0.05) is 41.9 Å². The summed E-state index contributed by atoms with van der Waals surface area (Å²) in [5, 5.41) is 4.06. The standard InChI is InChI=1S/C35H30ClF3N2O5/c1-22-29(30-20-28(44-2)16-17-31(30)41(22)33(43)23-8-12-26(36)13-9-23)21-32(42)40-18-19-45-34(24-6-4-3-5-7-24)46-27-14-10-25(11-15-27)35(37,38)39/h3-17,20,34H,18-19,21H2,1-2H3,(H,40,42). The maximum absolute atomic E-state index is 13.5. The molecule has 0 radical (unpaired) electrons. The van der Waals surface area contributed by atoms with Crippen molar-refractivity contribution in [1.29, 1.82) is 0 Å². The quantitative estimate of drug-likeness (QED) is 0.117. The summed E-state index contributed by atoms with van der Waals surface area (Å²) in [4.78, 5) is 26.7. The van der Waals surface area contributed by atoms with Crippen LogP contribution in [0.5, 0.6) is 11.5 Å². The largest absolute Gasteiger partial charge is 0.497 e. The first-order chi connectivity index (χ1) is 22.0. The van der Waals surface area contributed by atoms with Crippen molar-refractivity contribution in [3.05, 3.63) is 130 Å². The van der Waals surface area contributed by atoms with E-state index in [0.717, 1.165) is 12.1 Å². The molecule has 0 saturated heterocycles. The number of benzene rings is 4. The third-order valence-corrected chi connectivity index (χ3v) is 7.62. The highest BCUT2D eigenvalue weighted by molar-refractivity contribution is 6.30. The van der Waals surface area contributed by atoms with E-state index >= 15 is 0 Å². The van der Waals surface area contributed by atoms with Gasteiger partial charge < -0.3 is 19.5 Å². The number of nitrogens with one attached hydrogen (secondary N) is 1. The first kappa shape index (κ1) is 32.6. The Kier molecular flexibility index (Phi) is 9.99. The fraction of sp³-hybridized carbons (Fsp3) is 0.200. The van der Waals surface area contributed by atoms with Crippen LogP contribution in [0, 0.1) is 6.92 Å². The number of nitrogens with zero attached hydrogens (tertiary/aromatic N) is 1. The first-order valence-electron chi connectivity index (χ1n) is 14.3. The number of fused-ring (bicyclic) bond motifs is 1. The molecule has 46 heavy (non-hydrogen) atoms. The Balaban J connectivity index is 1.27. The maximum atomic E-state index is 13.5. The van der Waals surface area contributed by atoms with Gasteiger partial charge in [0.2, 0.25) is 12.2 Å². The van der Waals surface area contributed by atoms with Crippen molar-refractivity contribution in [2.45, 2.75) is 25.8 Å². The normalized spacial score (nSPS) is 12.1. The number of aromatic nitrogens is 1. The van der Waals surface area contributed by atoms with Gasteiger partial charge in [0.05, 0.1) is 31.2 Å². The van der Waals surface area contributed by atoms with E-state index in [2.05, 4.69) is 5.32 Å². The van der Waals surface area contributed by atoms with Crippen LogP contribution in [-0.4, -0.2) is 36.6 Å². The van der Waals surface area contributed by atoms with Crippen LogP contribution in [0.3, 0.4) is 0 Å². The third-order valence-electron chi connectivity index (χ3n) is 7.36. The summed E-state index contributed by atoms with van der Waals surface area (Å²) in [6.07, 6.45) is -5.40. The molecular formula is C35H30ClF3N2O5. The second-order valence-corrected chi connectivity index (χ2v) is 10.8. The summed E-state index contributed by atoms with van der Waals surface area (Å²) >= 11 is 6.01. The molecular weight excluding hydrogens is 621 g/mol. The van der Waals surface area contributed by atoms with Gasteiger partial charge in [-0.05, 0) is 79.2 Å². The lowest BCUT2D eigenvalue weighted by Gasteiger charge is -2.20. The number of halogens is 4. The zero-order valence-corrected chi connectivity index (χ0v) is 25.7. The summed E-state index contributed by atoms with van der Waals surface area (Å²) in [6, 6.07) is 25.2. The number of ether oxygens (including phenoxy) is 3. The molecule has 1 aromatic heterocycles. The molecule has 0 bridgehead atoms. The predicted molar refractivity (Wildman–Crippen MR) is 168 cm³/mol. The Morgan fingerprint density at radius 3 is 2.24 bits per heavy atom. The minimum absolute atomic E-state index is 0.0133. The fourth-order valence-corrected chi connectivity index (χ4v) is 5.16. The molecule has 4 aromatic carbocycles. The highest BCUT2D eigenvalue weighted by Crippen LogP contribution is 2.32. The Labute approximate surface area is 268 Å². The molecule has 5 rings (SSSR count). The fourth-order valence-electron chi connectivity index (χ4n) is 5.03. The molecule has 11 heteroatoms. The summed E-state index contributed by atoms with van der Waals surface area (Å²) < 4.78 is 57.7. The van der Waals surface area contributed by atoms with Crippen LogP contribution < -0.4 is 14.8 Å². The molecule has 0 aliphatic rings. The molecule has 1 unspecified atom stereocenters. The van der Waals surface area contributed by atoms with Crippen LogP contribution in [0.4, 0.5) is 13.2 Å². The highest BCUT2D eigenvalue weighted by Gasteiger charge is 2.30. The topological polar surface area (TPSA) is 78.8 Å². The van der Waals surface area contributed by atoms with Crippen LogP contribution >= 0.6 is 11.6 Å². The van der Waals surface area contributed by atoms with Crippen LogP contribution in [0.15, 0.2) is 97.1 Å². The molecule has 1 amide bonds. The van der Waals surface area contributed by atoms with E-state index in [4.69, 9.17) is 25.8 Å². The third kappa shape index (κ3) is 7.52. The molecule has 7 nitrogen and oxygen atoms in total. The van der Waals surface area contributed by atoms with Gasteiger partial charge in [-0.25, -0.2) is 0 Å².